The molecule has 2 aliphatic heterocycles. The average molecular weight is 1120 g/mol. The molecule has 2 fully saturated rings. The van der Waals surface area contributed by atoms with Crippen LogP contribution < -0.4 is 21.9 Å². The van der Waals surface area contributed by atoms with Gasteiger partial charge in [-0.25, -0.2) is 0 Å². The van der Waals surface area contributed by atoms with Crippen molar-refractivity contribution in [1.82, 2.24) is 0 Å². The van der Waals surface area contributed by atoms with Crippen LogP contribution in [0.1, 0.15) is 130 Å². The first-order valence-corrected chi connectivity index (χ1v) is 24.3. The number of ether oxygens (including phenoxy) is 2. The van der Waals surface area contributed by atoms with Gasteiger partial charge in [-0.3, -0.25) is 0 Å². The van der Waals surface area contributed by atoms with Crippen molar-refractivity contribution in [1.29, 1.82) is 0 Å². The molecule has 0 amide bonds. The van der Waals surface area contributed by atoms with Crippen LogP contribution in [0.5, 0.6) is 0 Å². The smallest absolute Gasteiger partial charge is 0.467 e. The van der Waals surface area contributed by atoms with E-state index in [0.717, 1.165) is 43.9 Å². The minimum atomic E-state index is -1.22. The second-order valence-corrected chi connectivity index (χ2v) is 18.1. The predicted molar refractivity (Wildman–Crippen MR) is 290 cm³/mol. The van der Waals surface area contributed by atoms with Gasteiger partial charge in [0.1, 0.15) is 6.15 Å². The second-order valence-electron chi connectivity index (χ2n) is 18.1. The molecule has 360 valence electrons. The SMILES string of the molecule is C1CCOC1.C1CCOC1.CC(=NC(C)C)[N-]C(C)C.CC(=NC(C)C)[N-]C(C)C.CC(=NC(C)C)[N-]C(C)C.[Th+4].c1ccc([B-](c2ccccc2)(c2ccccc2)c2ccccc2)cc1. The molecule has 4 aromatic rings. The van der Waals surface area contributed by atoms with Crippen LogP contribution in [0.3, 0.4) is 0 Å². The number of hydrogen-bond acceptors (Lipinski definition) is 5. The third-order valence-electron chi connectivity index (χ3n) is 9.52. The summed E-state index contributed by atoms with van der Waals surface area (Å²) in [5.41, 5.74) is 5.36. The summed E-state index contributed by atoms with van der Waals surface area (Å²) in [5.74, 6) is 2.72. The standard InChI is InChI=1S/C24H20B.3C8H17N2.2C4H8O.Th/c1-5-13-21(14-6-1)25(22-15-7-2-8-16-22,23-17-9-3-10-18-23)24-19-11-4-12-20-24;3*1-6(2)9-8(5)10-7(3)4;2*1-2-4-5-3-1;/h1-20H;3*6-7H,1-5H3;2*1-4H2;/q4*-1;;;+4. The maximum Gasteiger partial charge on any atom is 4.00 e. The Kier molecular flexibility index (Phi) is 35.6. The molecule has 0 aromatic heterocycles. The van der Waals surface area contributed by atoms with Gasteiger partial charge in [0.25, 0.3) is 0 Å². The summed E-state index contributed by atoms with van der Waals surface area (Å²) in [4.78, 5) is 12.8. The summed E-state index contributed by atoms with van der Waals surface area (Å²) in [6.07, 6.45) is 3.90. The van der Waals surface area contributed by atoms with E-state index >= 15 is 0 Å². The second kappa shape index (κ2) is 37.6. The fourth-order valence-corrected chi connectivity index (χ4v) is 7.48. The van der Waals surface area contributed by atoms with Crippen molar-refractivity contribution in [2.24, 2.45) is 15.0 Å². The summed E-state index contributed by atoms with van der Waals surface area (Å²) in [7, 11) is 0. The summed E-state index contributed by atoms with van der Waals surface area (Å²) < 4.78 is 9.89. The van der Waals surface area contributed by atoms with Gasteiger partial charge in [0.15, 0.2) is 0 Å². The van der Waals surface area contributed by atoms with E-state index in [0.29, 0.717) is 36.3 Å². The molecule has 0 N–H and O–H groups in total. The Morgan fingerprint density at radius 3 is 0.712 bits per heavy atom. The van der Waals surface area contributed by atoms with E-state index in [4.69, 9.17) is 9.47 Å². The summed E-state index contributed by atoms with van der Waals surface area (Å²) >= 11 is 0. The Balaban J connectivity index is 0.000000864. The average Bonchev–Trinajstić information content (AvgIpc) is 4.03. The number of hydrogen-bond donors (Lipinski definition) is 0. The maximum absolute atomic E-state index is 4.94. The zero-order valence-corrected chi connectivity index (χ0v) is 47.9. The molecular weight excluding hydrogens is 1030 g/mol. The van der Waals surface area contributed by atoms with Crippen molar-refractivity contribution in [3.8, 4) is 0 Å². The Labute approximate surface area is 436 Å². The van der Waals surface area contributed by atoms with Crippen LogP contribution in [0.2, 0.25) is 0 Å². The van der Waals surface area contributed by atoms with Gasteiger partial charge in [-0.1, -0.05) is 222 Å². The van der Waals surface area contributed by atoms with Crippen molar-refractivity contribution in [3.05, 3.63) is 137 Å². The molecule has 66 heavy (non-hydrogen) atoms. The van der Waals surface area contributed by atoms with Crippen molar-refractivity contribution < 1.29 is 49.4 Å². The largest absolute Gasteiger partial charge is 4.00 e. The van der Waals surface area contributed by atoms with Crippen molar-refractivity contribution in [2.75, 3.05) is 26.4 Å². The van der Waals surface area contributed by atoms with Crippen LogP contribution >= 0.6 is 0 Å². The van der Waals surface area contributed by atoms with Crippen molar-refractivity contribution in [3.63, 3.8) is 0 Å². The van der Waals surface area contributed by atoms with E-state index in [1.54, 1.807) is 0 Å². The molecule has 0 unspecified atom stereocenters. The van der Waals surface area contributed by atoms with E-state index in [9.17, 15) is 0 Å². The first-order valence-electron chi connectivity index (χ1n) is 24.3. The van der Waals surface area contributed by atoms with E-state index in [-0.39, 0.29) is 39.9 Å². The number of amidine groups is 3. The summed E-state index contributed by atoms with van der Waals surface area (Å²) in [6.45, 7) is 34.5. The Morgan fingerprint density at radius 2 is 0.576 bits per heavy atom. The molecule has 2 saturated heterocycles. The quantitative estimate of drug-likeness (QED) is 0.0898. The normalized spacial score (nSPS) is 13.7. The zero-order chi connectivity index (χ0) is 48.5. The summed E-state index contributed by atoms with van der Waals surface area (Å²) in [6, 6.07) is 45.7. The first-order chi connectivity index (χ1) is 31.0. The van der Waals surface area contributed by atoms with Gasteiger partial charge in [0.05, 0.1) is 0 Å². The van der Waals surface area contributed by atoms with E-state index in [1.807, 2.05) is 20.8 Å². The fraction of sp³-hybridized carbons (Fsp3) is 0.518. The molecular formula is C56H87BN6O2Th. The van der Waals surface area contributed by atoms with Crippen LogP contribution in [0.15, 0.2) is 136 Å². The minimum Gasteiger partial charge on any atom is -0.467 e. The Hall–Kier alpha value is -3.40. The number of nitrogens with zero attached hydrogens (tertiary/aromatic N) is 6. The number of benzene rings is 4. The van der Waals surface area contributed by atoms with Gasteiger partial charge >= 0.3 is 39.9 Å². The molecule has 2 aliphatic rings. The zero-order valence-electron chi connectivity index (χ0n) is 43.7. The molecule has 2 heterocycles. The van der Waals surface area contributed by atoms with E-state index < -0.39 is 6.15 Å². The van der Waals surface area contributed by atoms with Crippen molar-refractivity contribution in [2.45, 2.75) is 166 Å². The van der Waals surface area contributed by atoms with Gasteiger partial charge in [-0.05, 0) is 82.7 Å². The third kappa shape index (κ3) is 28.7. The molecule has 0 saturated carbocycles. The van der Waals surface area contributed by atoms with Gasteiger partial charge in [-0.15, -0.1) is 0 Å². The topological polar surface area (TPSA) is 97.8 Å². The number of aliphatic imine (C=N–C) groups is 3. The molecule has 4 aromatic carbocycles. The monoisotopic (exact) mass is 1120 g/mol. The van der Waals surface area contributed by atoms with E-state index in [1.165, 1.54) is 47.5 Å². The van der Waals surface area contributed by atoms with Gasteiger partial charge in [-0.2, -0.15) is 21.9 Å². The molecule has 10 heteroatoms. The van der Waals surface area contributed by atoms with Crippen LogP contribution in [0.25, 0.3) is 16.0 Å². The number of rotatable bonds is 10. The van der Waals surface area contributed by atoms with Crippen LogP contribution in [0, 0.1) is 39.9 Å². The van der Waals surface area contributed by atoms with E-state index in [2.05, 4.69) is 235 Å². The fourth-order valence-electron chi connectivity index (χ4n) is 7.48. The maximum atomic E-state index is 4.94. The third-order valence-corrected chi connectivity index (χ3v) is 9.52. The molecule has 0 bridgehead atoms. The van der Waals surface area contributed by atoms with Crippen LogP contribution in [-0.4, -0.2) is 86.3 Å². The predicted octanol–water partition coefficient (Wildman–Crippen LogP) is 12.4. The summed E-state index contributed by atoms with van der Waals surface area (Å²) in [5, 5.41) is 12.8. The van der Waals surface area contributed by atoms with Gasteiger partial charge in [0, 0.05) is 26.4 Å². The molecule has 8 nitrogen and oxygen atoms in total. The van der Waals surface area contributed by atoms with Crippen LogP contribution in [-0.2, 0) is 9.47 Å². The van der Waals surface area contributed by atoms with Crippen LogP contribution in [0.4, 0.5) is 0 Å². The molecule has 0 radical (unpaired) electrons. The molecule has 0 atom stereocenters. The van der Waals surface area contributed by atoms with Gasteiger partial charge in [0.2, 0.25) is 0 Å². The first kappa shape index (κ1) is 62.6. The minimum absolute atomic E-state index is 0. The molecule has 0 spiro atoms. The Morgan fingerprint density at radius 1 is 0.379 bits per heavy atom. The van der Waals surface area contributed by atoms with Crippen molar-refractivity contribution >= 4 is 45.5 Å². The molecule has 6 rings (SSSR count). The molecule has 0 aliphatic carbocycles. The van der Waals surface area contributed by atoms with Gasteiger partial charge < -0.3 is 40.4 Å². The Bertz CT molecular complexity index is 1570.